The SMILES string of the molecule is CCOC(=O)C1=C(CSC(=O)COc2ccccc2)N=C(C)C(C(=O)OCC)C1c1cccc([N+](=O)[O-])c1. The van der Waals surface area contributed by atoms with Gasteiger partial charge in [-0.05, 0) is 38.5 Å². The molecule has 1 aliphatic heterocycles. The Kier molecular flexibility index (Phi) is 10.2. The van der Waals surface area contributed by atoms with Crippen molar-refractivity contribution in [1.29, 1.82) is 0 Å². The van der Waals surface area contributed by atoms with Gasteiger partial charge in [-0.1, -0.05) is 42.1 Å². The van der Waals surface area contributed by atoms with Crippen LogP contribution in [0.2, 0.25) is 0 Å². The predicted octanol–water partition coefficient (Wildman–Crippen LogP) is 4.49. The van der Waals surface area contributed by atoms with E-state index in [1.807, 2.05) is 6.07 Å². The van der Waals surface area contributed by atoms with Gasteiger partial charge in [0.05, 0.1) is 29.4 Å². The number of nitrogens with zero attached hydrogens (tertiary/aromatic N) is 2. The fourth-order valence-electron chi connectivity index (χ4n) is 4.07. The first-order chi connectivity index (χ1) is 18.3. The monoisotopic (exact) mass is 540 g/mol. The molecule has 2 unspecified atom stereocenters. The van der Waals surface area contributed by atoms with Crippen molar-refractivity contribution in [2.24, 2.45) is 10.9 Å². The van der Waals surface area contributed by atoms with E-state index in [0.717, 1.165) is 11.8 Å². The van der Waals surface area contributed by atoms with Crippen molar-refractivity contribution in [2.75, 3.05) is 25.6 Å². The van der Waals surface area contributed by atoms with Gasteiger partial charge in [0.2, 0.25) is 5.12 Å². The van der Waals surface area contributed by atoms with Crippen LogP contribution in [0, 0.1) is 16.0 Å². The number of non-ortho nitro benzene ring substituents is 1. The Bertz CT molecular complexity index is 1260. The molecule has 2 atom stereocenters. The number of hydrogen-bond acceptors (Lipinski definition) is 10. The first-order valence-corrected chi connectivity index (χ1v) is 12.9. The number of ether oxygens (including phenoxy) is 3. The zero-order chi connectivity index (χ0) is 27.7. The van der Waals surface area contributed by atoms with Crippen molar-refractivity contribution in [3.05, 3.63) is 81.5 Å². The first kappa shape index (κ1) is 28.6. The summed E-state index contributed by atoms with van der Waals surface area (Å²) in [6.07, 6.45) is 0. The molecule has 3 rings (SSSR count). The third-order valence-corrected chi connectivity index (χ3v) is 6.52. The second-order valence-electron chi connectivity index (χ2n) is 8.16. The van der Waals surface area contributed by atoms with E-state index in [1.165, 1.54) is 18.2 Å². The molecular weight excluding hydrogens is 512 g/mol. The Morgan fingerprint density at radius 2 is 1.74 bits per heavy atom. The number of thioether (sulfide) groups is 1. The van der Waals surface area contributed by atoms with E-state index in [-0.39, 0.29) is 47.6 Å². The van der Waals surface area contributed by atoms with Crippen LogP contribution >= 0.6 is 11.8 Å². The van der Waals surface area contributed by atoms with Gasteiger partial charge in [-0.3, -0.25) is 24.7 Å². The lowest BCUT2D eigenvalue weighted by Gasteiger charge is -2.32. The van der Waals surface area contributed by atoms with E-state index in [1.54, 1.807) is 51.1 Å². The van der Waals surface area contributed by atoms with E-state index in [4.69, 9.17) is 14.2 Å². The third-order valence-electron chi connectivity index (χ3n) is 5.66. The van der Waals surface area contributed by atoms with Crippen molar-refractivity contribution >= 4 is 40.2 Å². The lowest BCUT2D eigenvalue weighted by atomic mass is 9.75. The molecule has 2 aromatic rings. The predicted molar refractivity (Wildman–Crippen MR) is 142 cm³/mol. The summed E-state index contributed by atoms with van der Waals surface area (Å²) in [4.78, 5) is 54.3. The fourth-order valence-corrected chi connectivity index (χ4v) is 4.73. The lowest BCUT2D eigenvalue weighted by Crippen LogP contribution is -2.37. The third kappa shape index (κ3) is 7.06. The minimum absolute atomic E-state index is 0.00342. The van der Waals surface area contributed by atoms with Crippen LogP contribution < -0.4 is 4.74 Å². The number of para-hydroxylation sites is 1. The molecule has 0 aliphatic carbocycles. The summed E-state index contributed by atoms with van der Waals surface area (Å²) in [7, 11) is 0. The van der Waals surface area contributed by atoms with Gasteiger partial charge in [-0.25, -0.2) is 4.79 Å². The Hall–Kier alpha value is -3.99. The van der Waals surface area contributed by atoms with E-state index in [2.05, 4.69) is 4.99 Å². The molecule has 2 aromatic carbocycles. The Morgan fingerprint density at radius 3 is 2.39 bits per heavy atom. The van der Waals surface area contributed by atoms with Crippen LogP contribution in [0.15, 0.2) is 70.9 Å². The van der Waals surface area contributed by atoms with E-state index in [9.17, 15) is 24.5 Å². The Morgan fingerprint density at radius 1 is 1.03 bits per heavy atom. The quantitative estimate of drug-likeness (QED) is 0.229. The maximum absolute atomic E-state index is 13.2. The highest BCUT2D eigenvalue weighted by molar-refractivity contribution is 8.13. The molecule has 0 spiro atoms. The number of hydrogen-bond donors (Lipinski definition) is 0. The highest BCUT2D eigenvalue weighted by atomic mass is 32.2. The van der Waals surface area contributed by atoms with Crippen LogP contribution in [-0.4, -0.2) is 53.3 Å². The van der Waals surface area contributed by atoms with Crippen molar-refractivity contribution in [2.45, 2.75) is 26.7 Å². The molecule has 0 aromatic heterocycles. The average Bonchev–Trinajstić information content (AvgIpc) is 2.91. The second-order valence-corrected chi connectivity index (χ2v) is 9.19. The smallest absolute Gasteiger partial charge is 0.336 e. The number of nitro benzene ring substituents is 1. The van der Waals surface area contributed by atoms with Gasteiger partial charge in [-0.15, -0.1) is 0 Å². The standard InChI is InChI=1S/C27H28N2O8S/c1-4-35-26(31)23-17(3)28-21(16-38-22(30)15-37-20-12-7-6-8-13-20)25(27(32)36-5-2)24(23)18-10-9-11-19(14-18)29(33)34/h6-14,23-24H,4-5,15-16H2,1-3H3. The zero-order valence-electron chi connectivity index (χ0n) is 21.2. The van der Waals surface area contributed by atoms with Crippen molar-refractivity contribution in [1.82, 2.24) is 0 Å². The van der Waals surface area contributed by atoms with Crippen molar-refractivity contribution in [3.63, 3.8) is 0 Å². The molecular formula is C27H28N2O8S. The molecule has 38 heavy (non-hydrogen) atoms. The molecule has 200 valence electrons. The Labute approximate surface area is 224 Å². The topological polar surface area (TPSA) is 134 Å². The van der Waals surface area contributed by atoms with E-state index < -0.39 is 28.7 Å². The summed E-state index contributed by atoms with van der Waals surface area (Å²) >= 11 is 0.908. The van der Waals surface area contributed by atoms with Gasteiger partial charge in [0, 0.05) is 29.5 Å². The van der Waals surface area contributed by atoms with Crippen molar-refractivity contribution in [3.8, 4) is 5.75 Å². The number of rotatable bonds is 11. The highest BCUT2D eigenvalue weighted by Crippen LogP contribution is 2.41. The lowest BCUT2D eigenvalue weighted by molar-refractivity contribution is -0.384. The first-order valence-electron chi connectivity index (χ1n) is 12.0. The average molecular weight is 541 g/mol. The molecule has 0 bridgehead atoms. The summed E-state index contributed by atoms with van der Waals surface area (Å²) in [6.45, 7) is 4.88. The van der Waals surface area contributed by atoms with Gasteiger partial charge >= 0.3 is 11.9 Å². The largest absolute Gasteiger partial charge is 0.485 e. The number of aliphatic imine (C=N–C) groups is 1. The summed E-state index contributed by atoms with van der Waals surface area (Å²) in [5.74, 6) is -2.77. The molecule has 1 heterocycles. The second kappa shape index (κ2) is 13.5. The van der Waals surface area contributed by atoms with Crippen LogP contribution in [-0.2, 0) is 23.9 Å². The van der Waals surface area contributed by atoms with Crippen LogP contribution in [0.1, 0.15) is 32.3 Å². The van der Waals surface area contributed by atoms with Crippen molar-refractivity contribution < 1.29 is 33.5 Å². The molecule has 1 aliphatic rings. The van der Waals surface area contributed by atoms with E-state index >= 15 is 0 Å². The summed E-state index contributed by atoms with van der Waals surface area (Å²) < 4.78 is 16.1. The van der Waals surface area contributed by atoms with Crippen LogP contribution in [0.3, 0.4) is 0 Å². The summed E-state index contributed by atoms with van der Waals surface area (Å²) in [5, 5.41) is 11.2. The number of benzene rings is 2. The molecule has 11 heteroatoms. The fraction of sp³-hybridized carbons (Fsp3) is 0.333. The summed E-state index contributed by atoms with van der Waals surface area (Å²) in [5.41, 5.74) is 0.821. The van der Waals surface area contributed by atoms with Gasteiger partial charge in [0.25, 0.3) is 5.69 Å². The minimum atomic E-state index is -1.01. The number of nitro groups is 1. The number of carbonyl (C=O) groups excluding carboxylic acids is 3. The molecule has 0 radical (unpaired) electrons. The molecule has 0 saturated heterocycles. The minimum Gasteiger partial charge on any atom is -0.485 e. The molecule has 0 amide bonds. The van der Waals surface area contributed by atoms with Crippen LogP contribution in [0.25, 0.3) is 0 Å². The molecule has 0 saturated carbocycles. The van der Waals surface area contributed by atoms with Crippen LogP contribution in [0.5, 0.6) is 5.75 Å². The van der Waals surface area contributed by atoms with E-state index in [0.29, 0.717) is 17.0 Å². The molecule has 0 fully saturated rings. The molecule has 10 nitrogen and oxygen atoms in total. The summed E-state index contributed by atoms with van der Waals surface area (Å²) in [6, 6.07) is 14.6. The normalized spacial score (nSPS) is 16.9. The number of esters is 2. The Balaban J connectivity index is 2.00. The van der Waals surface area contributed by atoms with Gasteiger partial charge < -0.3 is 14.2 Å². The zero-order valence-corrected chi connectivity index (χ0v) is 22.1. The molecule has 0 N–H and O–H groups in total. The highest BCUT2D eigenvalue weighted by Gasteiger charge is 2.43. The van der Waals surface area contributed by atoms with Gasteiger partial charge in [0.15, 0.2) is 6.61 Å². The van der Waals surface area contributed by atoms with Gasteiger partial charge in [0.1, 0.15) is 11.7 Å². The van der Waals surface area contributed by atoms with Gasteiger partial charge in [-0.2, -0.15) is 0 Å². The maximum atomic E-state index is 13.2. The number of carbonyl (C=O) groups is 3. The van der Waals surface area contributed by atoms with Crippen LogP contribution in [0.4, 0.5) is 5.69 Å². The maximum Gasteiger partial charge on any atom is 0.336 e.